The van der Waals surface area contributed by atoms with Gasteiger partial charge in [0.1, 0.15) is 0 Å². The highest BCUT2D eigenvalue weighted by atomic mass is 19.4. The summed E-state index contributed by atoms with van der Waals surface area (Å²) in [6.07, 6.45) is -3.74. The predicted molar refractivity (Wildman–Crippen MR) is 76.1 cm³/mol. The standard InChI is InChI=1S/C16H16F3NO/c17-16(18,19)13-6-8-14(9-7-13)20-15(11-21)10-12-4-2-1-3-5-12/h1-9,15,20-21H,10-11H2. The van der Waals surface area contributed by atoms with Gasteiger partial charge in [0.05, 0.1) is 18.2 Å². The first-order valence-corrected chi connectivity index (χ1v) is 6.57. The van der Waals surface area contributed by atoms with E-state index >= 15 is 0 Å². The second-order valence-electron chi connectivity index (χ2n) is 4.79. The summed E-state index contributed by atoms with van der Waals surface area (Å²) in [6, 6.07) is 14.1. The number of rotatable bonds is 5. The first kappa shape index (κ1) is 15.4. The summed E-state index contributed by atoms with van der Waals surface area (Å²) in [4.78, 5) is 0. The van der Waals surface area contributed by atoms with E-state index in [4.69, 9.17) is 0 Å². The Morgan fingerprint density at radius 1 is 0.952 bits per heavy atom. The van der Waals surface area contributed by atoms with Crippen LogP contribution in [0.4, 0.5) is 18.9 Å². The van der Waals surface area contributed by atoms with E-state index in [2.05, 4.69) is 5.32 Å². The summed E-state index contributed by atoms with van der Waals surface area (Å²) >= 11 is 0. The van der Waals surface area contributed by atoms with Gasteiger partial charge in [0.15, 0.2) is 0 Å². The Labute approximate surface area is 121 Å². The van der Waals surface area contributed by atoms with Gasteiger partial charge >= 0.3 is 6.18 Å². The van der Waals surface area contributed by atoms with E-state index < -0.39 is 11.7 Å². The van der Waals surface area contributed by atoms with E-state index in [0.717, 1.165) is 17.7 Å². The summed E-state index contributed by atoms with van der Waals surface area (Å²) in [5, 5.41) is 12.4. The molecule has 0 aliphatic rings. The molecule has 0 aliphatic heterocycles. The van der Waals surface area contributed by atoms with Gasteiger partial charge in [-0.1, -0.05) is 30.3 Å². The Kier molecular flexibility index (Phi) is 4.85. The average Bonchev–Trinajstić information content (AvgIpc) is 2.47. The van der Waals surface area contributed by atoms with Crippen LogP contribution in [-0.2, 0) is 12.6 Å². The van der Waals surface area contributed by atoms with Crippen molar-refractivity contribution in [3.63, 3.8) is 0 Å². The van der Waals surface area contributed by atoms with Gasteiger partial charge in [0.25, 0.3) is 0 Å². The lowest BCUT2D eigenvalue weighted by Crippen LogP contribution is -2.26. The third-order valence-electron chi connectivity index (χ3n) is 3.13. The van der Waals surface area contributed by atoms with E-state index in [1.165, 1.54) is 12.1 Å². The zero-order valence-corrected chi connectivity index (χ0v) is 11.3. The minimum Gasteiger partial charge on any atom is -0.394 e. The topological polar surface area (TPSA) is 32.3 Å². The molecule has 1 unspecified atom stereocenters. The van der Waals surface area contributed by atoms with Crippen molar-refractivity contribution in [3.8, 4) is 0 Å². The van der Waals surface area contributed by atoms with Gasteiger partial charge in [-0.25, -0.2) is 0 Å². The zero-order chi connectivity index (χ0) is 15.3. The summed E-state index contributed by atoms with van der Waals surface area (Å²) in [7, 11) is 0. The number of hydrogen-bond donors (Lipinski definition) is 2. The fraction of sp³-hybridized carbons (Fsp3) is 0.250. The highest BCUT2D eigenvalue weighted by Crippen LogP contribution is 2.29. The van der Waals surface area contributed by atoms with E-state index in [1.54, 1.807) is 0 Å². The number of hydrogen-bond acceptors (Lipinski definition) is 2. The Balaban J connectivity index is 2.02. The second-order valence-corrected chi connectivity index (χ2v) is 4.79. The van der Waals surface area contributed by atoms with E-state index in [-0.39, 0.29) is 12.6 Å². The molecule has 1 atom stereocenters. The van der Waals surface area contributed by atoms with Gasteiger partial charge in [-0.15, -0.1) is 0 Å². The molecule has 112 valence electrons. The molecule has 2 aromatic carbocycles. The number of anilines is 1. The van der Waals surface area contributed by atoms with Crippen LogP contribution in [0.25, 0.3) is 0 Å². The van der Waals surface area contributed by atoms with Gasteiger partial charge in [-0.3, -0.25) is 0 Å². The third kappa shape index (κ3) is 4.49. The van der Waals surface area contributed by atoms with E-state index in [0.29, 0.717) is 12.1 Å². The first-order valence-electron chi connectivity index (χ1n) is 6.57. The minimum absolute atomic E-state index is 0.101. The van der Waals surface area contributed by atoms with Crippen LogP contribution in [0.15, 0.2) is 54.6 Å². The number of aliphatic hydroxyl groups is 1. The van der Waals surface area contributed by atoms with Crippen LogP contribution in [0, 0.1) is 0 Å². The zero-order valence-electron chi connectivity index (χ0n) is 11.3. The highest BCUT2D eigenvalue weighted by molar-refractivity contribution is 5.46. The van der Waals surface area contributed by atoms with Crippen LogP contribution >= 0.6 is 0 Å². The molecule has 2 rings (SSSR count). The van der Waals surface area contributed by atoms with Crippen LogP contribution in [-0.4, -0.2) is 17.8 Å². The summed E-state index contributed by atoms with van der Waals surface area (Å²) < 4.78 is 37.4. The van der Waals surface area contributed by atoms with Gasteiger partial charge in [0, 0.05) is 5.69 Å². The lowest BCUT2D eigenvalue weighted by Gasteiger charge is -2.18. The summed E-state index contributed by atoms with van der Waals surface area (Å²) in [5.41, 5.74) is 0.922. The molecular weight excluding hydrogens is 279 g/mol. The van der Waals surface area contributed by atoms with Gasteiger partial charge in [-0.2, -0.15) is 13.2 Å². The van der Waals surface area contributed by atoms with Crippen molar-refractivity contribution in [1.29, 1.82) is 0 Å². The molecule has 5 heteroatoms. The molecule has 0 heterocycles. The molecule has 21 heavy (non-hydrogen) atoms. The van der Waals surface area contributed by atoms with Crippen molar-refractivity contribution in [2.45, 2.75) is 18.6 Å². The molecule has 0 aromatic heterocycles. The van der Waals surface area contributed by atoms with E-state index in [9.17, 15) is 18.3 Å². The number of benzene rings is 2. The van der Waals surface area contributed by atoms with Crippen molar-refractivity contribution in [2.75, 3.05) is 11.9 Å². The minimum atomic E-state index is -4.33. The molecule has 0 bridgehead atoms. The molecule has 0 spiro atoms. The molecule has 0 radical (unpaired) electrons. The number of aliphatic hydroxyl groups excluding tert-OH is 1. The maximum atomic E-state index is 12.5. The maximum Gasteiger partial charge on any atom is 0.416 e. The van der Waals surface area contributed by atoms with Crippen molar-refractivity contribution in [2.24, 2.45) is 0 Å². The van der Waals surface area contributed by atoms with Crippen LogP contribution in [0.2, 0.25) is 0 Å². The monoisotopic (exact) mass is 295 g/mol. The van der Waals surface area contributed by atoms with Crippen LogP contribution < -0.4 is 5.32 Å². The van der Waals surface area contributed by atoms with Crippen molar-refractivity contribution < 1.29 is 18.3 Å². The molecule has 2 nitrogen and oxygen atoms in total. The molecule has 2 aromatic rings. The van der Waals surface area contributed by atoms with Gasteiger partial charge < -0.3 is 10.4 Å². The van der Waals surface area contributed by atoms with E-state index in [1.807, 2.05) is 30.3 Å². The molecule has 0 amide bonds. The molecule has 2 N–H and O–H groups in total. The third-order valence-corrected chi connectivity index (χ3v) is 3.13. The first-order chi connectivity index (χ1) is 9.99. The molecule has 0 saturated carbocycles. The largest absolute Gasteiger partial charge is 0.416 e. The van der Waals surface area contributed by atoms with Crippen molar-refractivity contribution in [1.82, 2.24) is 0 Å². The van der Waals surface area contributed by atoms with Crippen molar-refractivity contribution >= 4 is 5.69 Å². The van der Waals surface area contributed by atoms with Crippen LogP contribution in [0.3, 0.4) is 0 Å². The number of alkyl halides is 3. The van der Waals surface area contributed by atoms with Gasteiger partial charge in [-0.05, 0) is 36.2 Å². The maximum absolute atomic E-state index is 12.5. The number of halogens is 3. The molecule has 0 saturated heterocycles. The quantitative estimate of drug-likeness (QED) is 0.881. The molecule has 0 aliphatic carbocycles. The van der Waals surface area contributed by atoms with Crippen molar-refractivity contribution in [3.05, 3.63) is 65.7 Å². The smallest absolute Gasteiger partial charge is 0.394 e. The molecular formula is C16H16F3NO. The highest BCUT2D eigenvalue weighted by Gasteiger charge is 2.29. The number of nitrogens with one attached hydrogen (secondary N) is 1. The average molecular weight is 295 g/mol. The summed E-state index contributed by atoms with van der Waals surface area (Å²) in [5.74, 6) is 0. The summed E-state index contributed by atoms with van der Waals surface area (Å²) in [6.45, 7) is -0.101. The van der Waals surface area contributed by atoms with Gasteiger partial charge in [0.2, 0.25) is 0 Å². The lowest BCUT2D eigenvalue weighted by molar-refractivity contribution is -0.137. The Bertz CT molecular complexity index is 552. The fourth-order valence-electron chi connectivity index (χ4n) is 2.05. The van der Waals surface area contributed by atoms with Crippen LogP contribution in [0.1, 0.15) is 11.1 Å². The Hall–Kier alpha value is -2.01. The Morgan fingerprint density at radius 2 is 1.57 bits per heavy atom. The molecule has 0 fully saturated rings. The Morgan fingerprint density at radius 3 is 2.10 bits per heavy atom. The fourth-order valence-corrected chi connectivity index (χ4v) is 2.05. The lowest BCUT2D eigenvalue weighted by atomic mass is 10.1. The van der Waals surface area contributed by atoms with Crippen LogP contribution in [0.5, 0.6) is 0 Å². The SMILES string of the molecule is OCC(Cc1ccccc1)Nc1ccc(C(F)(F)F)cc1. The second kappa shape index (κ2) is 6.63. The normalized spacial score (nSPS) is 13.0. The predicted octanol–water partition coefficient (Wildman–Crippen LogP) is 3.72.